The van der Waals surface area contributed by atoms with Gasteiger partial charge in [0.1, 0.15) is 12.3 Å². The molecule has 0 aliphatic carbocycles. The topological polar surface area (TPSA) is 66.0 Å². The van der Waals surface area contributed by atoms with Crippen LogP contribution in [0.25, 0.3) is 22.4 Å². The molecule has 6 nitrogen and oxygen atoms in total. The lowest BCUT2D eigenvalue weighted by Gasteiger charge is -2.03. The second-order valence-corrected chi connectivity index (χ2v) is 5.07. The van der Waals surface area contributed by atoms with E-state index in [9.17, 15) is 0 Å². The fraction of sp³-hybridized carbons (Fsp3) is 0.118. The van der Waals surface area contributed by atoms with E-state index in [1.54, 1.807) is 13.4 Å². The van der Waals surface area contributed by atoms with E-state index < -0.39 is 0 Å². The second-order valence-electron chi connectivity index (χ2n) is 5.07. The Labute approximate surface area is 132 Å². The van der Waals surface area contributed by atoms with Crippen LogP contribution >= 0.6 is 0 Å². The normalized spacial score (nSPS) is 11.0. The Bertz CT molecular complexity index is 958. The quantitative estimate of drug-likeness (QED) is 0.579. The van der Waals surface area contributed by atoms with Crippen molar-refractivity contribution in [1.82, 2.24) is 19.7 Å². The minimum atomic E-state index is 0.475. The molecule has 0 aliphatic rings. The van der Waals surface area contributed by atoms with E-state index in [2.05, 4.69) is 15.1 Å². The summed E-state index contributed by atoms with van der Waals surface area (Å²) in [5.41, 5.74) is 2.78. The van der Waals surface area contributed by atoms with Gasteiger partial charge in [-0.05, 0) is 24.3 Å². The number of rotatable bonds is 4. The Morgan fingerprint density at radius 2 is 1.91 bits per heavy atom. The summed E-state index contributed by atoms with van der Waals surface area (Å²) in [5.74, 6) is 1.75. The van der Waals surface area contributed by atoms with E-state index in [0.29, 0.717) is 24.0 Å². The molecule has 0 unspecified atom stereocenters. The zero-order chi connectivity index (χ0) is 15.6. The highest BCUT2D eigenvalue weighted by atomic mass is 16.5. The van der Waals surface area contributed by atoms with Gasteiger partial charge in [-0.25, -0.2) is 4.98 Å². The average molecular weight is 306 g/mol. The van der Waals surface area contributed by atoms with Gasteiger partial charge in [0.05, 0.1) is 30.0 Å². The van der Waals surface area contributed by atoms with Crippen LogP contribution in [0.2, 0.25) is 0 Å². The molecule has 4 rings (SSSR count). The Balaban J connectivity index is 1.66. The molecule has 0 spiro atoms. The minimum Gasteiger partial charge on any atom is -0.496 e. The molecule has 4 aromatic rings. The molecular formula is C17H14N4O2. The summed E-state index contributed by atoms with van der Waals surface area (Å²) < 4.78 is 12.7. The van der Waals surface area contributed by atoms with Crippen molar-refractivity contribution in [2.75, 3.05) is 7.11 Å². The van der Waals surface area contributed by atoms with Gasteiger partial charge in [-0.3, -0.25) is 0 Å². The van der Waals surface area contributed by atoms with Gasteiger partial charge in [-0.2, -0.15) is 4.98 Å². The Hall–Kier alpha value is -3.15. The predicted octanol–water partition coefficient (Wildman–Crippen LogP) is 3.14. The molecule has 0 radical (unpaired) electrons. The number of benzene rings is 2. The summed E-state index contributed by atoms with van der Waals surface area (Å²) in [5, 5.41) is 4.06. The summed E-state index contributed by atoms with van der Waals surface area (Å²) in [7, 11) is 1.62. The molecule has 6 heteroatoms. The highest BCUT2D eigenvalue weighted by Gasteiger charge is 2.13. The van der Waals surface area contributed by atoms with Gasteiger partial charge in [-0.1, -0.05) is 29.4 Å². The van der Waals surface area contributed by atoms with Crippen LogP contribution in [0.1, 0.15) is 5.89 Å². The van der Waals surface area contributed by atoms with Crippen LogP contribution in [0.15, 0.2) is 59.4 Å². The third-order valence-corrected chi connectivity index (χ3v) is 3.65. The fourth-order valence-electron chi connectivity index (χ4n) is 2.54. The number of nitrogens with zero attached hydrogens (tertiary/aromatic N) is 4. The van der Waals surface area contributed by atoms with Crippen molar-refractivity contribution in [3.05, 3.63) is 60.7 Å². The number of hydrogen-bond acceptors (Lipinski definition) is 5. The van der Waals surface area contributed by atoms with Gasteiger partial charge in [0, 0.05) is 0 Å². The smallest absolute Gasteiger partial charge is 0.246 e. The van der Waals surface area contributed by atoms with Crippen LogP contribution < -0.4 is 4.74 Å². The molecule has 2 heterocycles. The van der Waals surface area contributed by atoms with Crippen molar-refractivity contribution < 1.29 is 9.26 Å². The maximum atomic E-state index is 5.38. The molecule has 0 saturated heterocycles. The van der Waals surface area contributed by atoms with Gasteiger partial charge in [-0.15, -0.1) is 0 Å². The first-order valence-corrected chi connectivity index (χ1v) is 7.21. The first kappa shape index (κ1) is 13.5. The molecule has 0 aliphatic heterocycles. The first-order valence-electron chi connectivity index (χ1n) is 7.21. The Morgan fingerprint density at radius 3 is 2.83 bits per heavy atom. The molecule has 23 heavy (non-hydrogen) atoms. The number of fused-ring (bicyclic) bond motifs is 1. The second kappa shape index (κ2) is 5.57. The number of hydrogen-bond donors (Lipinski definition) is 0. The molecule has 0 bridgehead atoms. The van der Waals surface area contributed by atoms with Crippen LogP contribution in [0, 0.1) is 0 Å². The predicted molar refractivity (Wildman–Crippen MR) is 85.1 cm³/mol. The van der Waals surface area contributed by atoms with Crippen LogP contribution in [0.3, 0.4) is 0 Å². The van der Waals surface area contributed by atoms with Crippen LogP contribution in [-0.4, -0.2) is 26.8 Å². The van der Waals surface area contributed by atoms with E-state index in [1.165, 1.54) is 0 Å². The Morgan fingerprint density at radius 1 is 1.09 bits per heavy atom. The third-order valence-electron chi connectivity index (χ3n) is 3.65. The fourth-order valence-corrected chi connectivity index (χ4v) is 2.54. The lowest BCUT2D eigenvalue weighted by atomic mass is 10.2. The molecule has 0 N–H and O–H groups in total. The molecule has 0 atom stereocenters. The lowest BCUT2D eigenvalue weighted by Crippen LogP contribution is -1.98. The zero-order valence-corrected chi connectivity index (χ0v) is 12.5. The molecule has 114 valence electrons. The number of methoxy groups -OCH3 is 1. The number of aromatic nitrogens is 4. The van der Waals surface area contributed by atoms with Gasteiger partial charge in [0.2, 0.25) is 11.7 Å². The number of para-hydroxylation sites is 3. The van der Waals surface area contributed by atoms with Crippen molar-refractivity contribution in [1.29, 1.82) is 0 Å². The highest BCUT2D eigenvalue weighted by Crippen LogP contribution is 2.27. The molecular weight excluding hydrogens is 292 g/mol. The minimum absolute atomic E-state index is 0.475. The maximum Gasteiger partial charge on any atom is 0.246 e. The van der Waals surface area contributed by atoms with Crippen LogP contribution in [0.5, 0.6) is 5.75 Å². The standard InChI is InChI=1S/C17H14N4O2/c1-22-15-9-5-2-6-12(15)17-19-16(23-20-17)10-21-11-18-13-7-3-4-8-14(13)21/h2-9,11H,10H2,1H3. The van der Waals surface area contributed by atoms with E-state index in [0.717, 1.165) is 16.6 Å². The van der Waals surface area contributed by atoms with Crippen LogP contribution in [0.4, 0.5) is 0 Å². The number of imidazole rings is 1. The van der Waals surface area contributed by atoms with Gasteiger partial charge < -0.3 is 13.8 Å². The first-order chi connectivity index (χ1) is 11.3. The van der Waals surface area contributed by atoms with E-state index in [-0.39, 0.29) is 0 Å². The summed E-state index contributed by atoms with van der Waals surface area (Å²) in [6.45, 7) is 0.475. The summed E-state index contributed by atoms with van der Waals surface area (Å²) in [6.07, 6.45) is 1.78. The molecule has 2 aromatic carbocycles. The monoisotopic (exact) mass is 306 g/mol. The van der Waals surface area contributed by atoms with Gasteiger partial charge >= 0.3 is 0 Å². The van der Waals surface area contributed by atoms with E-state index in [4.69, 9.17) is 9.26 Å². The largest absolute Gasteiger partial charge is 0.496 e. The van der Waals surface area contributed by atoms with Crippen LogP contribution in [-0.2, 0) is 6.54 Å². The van der Waals surface area contributed by atoms with Crippen molar-refractivity contribution in [3.8, 4) is 17.1 Å². The van der Waals surface area contributed by atoms with Gasteiger partial charge in [0.15, 0.2) is 0 Å². The maximum absolute atomic E-state index is 5.38. The van der Waals surface area contributed by atoms with Crippen molar-refractivity contribution in [2.24, 2.45) is 0 Å². The van der Waals surface area contributed by atoms with Gasteiger partial charge in [0.25, 0.3) is 0 Å². The van der Waals surface area contributed by atoms with E-state index in [1.807, 2.05) is 53.1 Å². The Kier molecular flexibility index (Phi) is 3.27. The zero-order valence-electron chi connectivity index (χ0n) is 12.5. The third kappa shape index (κ3) is 2.44. The van der Waals surface area contributed by atoms with Crippen molar-refractivity contribution in [3.63, 3.8) is 0 Å². The SMILES string of the molecule is COc1ccccc1-c1noc(Cn2cnc3ccccc32)n1. The van der Waals surface area contributed by atoms with Crippen molar-refractivity contribution in [2.45, 2.75) is 6.54 Å². The molecule has 0 saturated carbocycles. The average Bonchev–Trinajstić information content (AvgIpc) is 3.23. The molecule has 0 amide bonds. The van der Waals surface area contributed by atoms with E-state index >= 15 is 0 Å². The number of ether oxygens (including phenoxy) is 1. The van der Waals surface area contributed by atoms with Crippen molar-refractivity contribution >= 4 is 11.0 Å². The summed E-state index contributed by atoms with van der Waals surface area (Å²) in [4.78, 5) is 8.82. The summed E-state index contributed by atoms with van der Waals surface area (Å²) >= 11 is 0. The summed E-state index contributed by atoms with van der Waals surface area (Å²) in [6, 6.07) is 15.5. The molecule has 0 fully saturated rings. The molecule has 2 aromatic heterocycles. The highest BCUT2D eigenvalue weighted by molar-refractivity contribution is 5.75. The lowest BCUT2D eigenvalue weighted by molar-refractivity contribution is 0.372.